The van der Waals surface area contributed by atoms with Gasteiger partial charge in [0.25, 0.3) is 0 Å². The van der Waals surface area contributed by atoms with E-state index in [1.165, 1.54) is 10.6 Å². The molecule has 0 saturated carbocycles. The van der Waals surface area contributed by atoms with Crippen molar-refractivity contribution in [1.82, 2.24) is 14.6 Å². The van der Waals surface area contributed by atoms with E-state index < -0.39 is 28.8 Å². The minimum atomic E-state index is -1.13. The summed E-state index contributed by atoms with van der Waals surface area (Å²) in [5.41, 5.74) is -0.285. The van der Waals surface area contributed by atoms with E-state index in [1.807, 2.05) is 0 Å². The van der Waals surface area contributed by atoms with E-state index in [2.05, 4.69) is 10.1 Å². The maximum absolute atomic E-state index is 13.5. The topological polar surface area (TPSA) is 105 Å². The van der Waals surface area contributed by atoms with Crippen LogP contribution in [0.4, 0.5) is 8.78 Å². The second-order valence-corrected chi connectivity index (χ2v) is 5.23. The number of carboxylic acids is 1. The lowest BCUT2D eigenvalue weighted by atomic mass is 10.1. The zero-order valence-electron chi connectivity index (χ0n) is 12.6. The fourth-order valence-corrected chi connectivity index (χ4v) is 2.44. The fraction of sp³-hybridized carbons (Fsp3) is 0.125. The molecule has 0 radical (unpaired) electrons. The second-order valence-electron chi connectivity index (χ2n) is 5.23. The van der Waals surface area contributed by atoms with Gasteiger partial charge < -0.3 is 10.2 Å². The van der Waals surface area contributed by atoms with E-state index in [1.54, 1.807) is 0 Å². The highest BCUT2D eigenvalue weighted by atomic mass is 19.2. The maximum Gasteiger partial charge on any atom is 0.303 e. The summed E-state index contributed by atoms with van der Waals surface area (Å²) in [4.78, 5) is 26.9. The van der Waals surface area contributed by atoms with E-state index in [9.17, 15) is 23.5 Å². The van der Waals surface area contributed by atoms with Crippen LogP contribution in [0.25, 0.3) is 22.7 Å². The molecule has 3 rings (SSSR count). The summed E-state index contributed by atoms with van der Waals surface area (Å²) >= 11 is 0. The van der Waals surface area contributed by atoms with Crippen molar-refractivity contribution < 1.29 is 23.8 Å². The van der Waals surface area contributed by atoms with Crippen LogP contribution in [0.5, 0.6) is 0 Å². The van der Waals surface area contributed by atoms with E-state index in [-0.39, 0.29) is 35.0 Å². The van der Waals surface area contributed by atoms with Crippen LogP contribution in [0.15, 0.2) is 35.4 Å². The van der Waals surface area contributed by atoms with Crippen molar-refractivity contribution in [2.24, 2.45) is 0 Å². The number of halogens is 2. The molecule has 0 aliphatic rings. The number of carboxylic acid groups (broad SMARTS) is 1. The summed E-state index contributed by atoms with van der Waals surface area (Å²) in [5.74, 6) is -3.67. The van der Waals surface area contributed by atoms with Crippen LogP contribution in [0.2, 0.25) is 0 Å². The van der Waals surface area contributed by atoms with Crippen molar-refractivity contribution in [1.29, 1.82) is 0 Å². The average Bonchev–Trinajstić information content (AvgIpc) is 3.03. The monoisotopic (exact) mass is 347 g/mol. The van der Waals surface area contributed by atoms with Gasteiger partial charge in [0.15, 0.2) is 22.7 Å². The van der Waals surface area contributed by atoms with Gasteiger partial charge in [-0.2, -0.15) is 5.10 Å². The number of aromatic nitrogens is 3. The minimum Gasteiger partial charge on any atom is -0.511 e. The van der Waals surface area contributed by atoms with Crippen molar-refractivity contribution >= 4 is 17.4 Å². The number of hydrogen-bond acceptors (Lipinski definition) is 5. The molecule has 9 heteroatoms. The van der Waals surface area contributed by atoms with Gasteiger partial charge in [0.1, 0.15) is 17.3 Å². The Morgan fingerprint density at radius 2 is 1.88 bits per heavy atom. The predicted octanol–water partition coefficient (Wildman–Crippen LogP) is 1.28. The summed E-state index contributed by atoms with van der Waals surface area (Å²) in [6.07, 6.45) is 0.514. The molecule has 0 bridgehead atoms. The molecule has 0 fully saturated rings. The summed E-state index contributed by atoms with van der Waals surface area (Å²) in [7, 11) is 0. The highest BCUT2D eigenvalue weighted by molar-refractivity contribution is 5.69. The van der Waals surface area contributed by atoms with Crippen molar-refractivity contribution in [3.8, 4) is 11.3 Å². The Labute approximate surface area is 138 Å². The zero-order chi connectivity index (χ0) is 18.1. The number of nitrogens with zero attached hydrogens (tertiary/aromatic N) is 3. The lowest BCUT2D eigenvalue weighted by Gasteiger charge is -2.06. The van der Waals surface area contributed by atoms with E-state index in [0.717, 1.165) is 24.5 Å². The zero-order valence-corrected chi connectivity index (χ0v) is 12.6. The van der Waals surface area contributed by atoms with Crippen LogP contribution in [-0.4, -0.2) is 30.8 Å². The molecular weight excluding hydrogens is 336 g/mol. The molecule has 0 unspecified atom stereocenters. The molecule has 0 amide bonds. The Kier molecular flexibility index (Phi) is 4.14. The van der Waals surface area contributed by atoms with Gasteiger partial charge in [-0.3, -0.25) is 9.59 Å². The van der Waals surface area contributed by atoms with E-state index >= 15 is 0 Å². The Hall–Kier alpha value is -3.36. The Morgan fingerprint density at radius 1 is 1.12 bits per heavy atom. The lowest BCUT2D eigenvalue weighted by Crippen LogP contribution is -2.30. The Bertz CT molecular complexity index is 1090. The first-order chi connectivity index (χ1) is 11.9. The smallest absolute Gasteiger partial charge is 0.303 e. The Balaban J connectivity index is 2.26. The van der Waals surface area contributed by atoms with E-state index in [0.29, 0.717) is 0 Å². The summed E-state index contributed by atoms with van der Waals surface area (Å²) in [6.45, 7) is 0. The van der Waals surface area contributed by atoms with Crippen LogP contribution in [0.3, 0.4) is 0 Å². The number of fused-ring (bicyclic) bond motifs is 1. The normalized spacial score (nSPS) is 12.4. The van der Waals surface area contributed by atoms with Crippen molar-refractivity contribution in [3.05, 3.63) is 57.7 Å². The van der Waals surface area contributed by atoms with Crippen molar-refractivity contribution in [3.63, 3.8) is 0 Å². The number of benzene rings is 1. The molecule has 128 valence electrons. The number of rotatable bonds is 4. The van der Waals surface area contributed by atoms with Crippen LogP contribution in [0.1, 0.15) is 12.8 Å². The van der Waals surface area contributed by atoms with Crippen molar-refractivity contribution in [2.45, 2.75) is 12.8 Å². The minimum absolute atomic E-state index is 0.00452. The summed E-state index contributed by atoms with van der Waals surface area (Å²) in [6, 6.07) is 4.21. The molecule has 0 aliphatic carbocycles. The van der Waals surface area contributed by atoms with Gasteiger partial charge in [0, 0.05) is 18.1 Å². The molecule has 2 aromatic heterocycles. The third-order valence-electron chi connectivity index (χ3n) is 3.59. The Morgan fingerprint density at radius 3 is 2.56 bits per heavy atom. The molecule has 0 aliphatic heterocycles. The third kappa shape index (κ3) is 3.03. The predicted molar refractivity (Wildman–Crippen MR) is 82.7 cm³/mol. The largest absolute Gasteiger partial charge is 0.511 e. The van der Waals surface area contributed by atoms with Crippen LogP contribution in [0, 0.1) is 11.6 Å². The molecule has 0 spiro atoms. The first-order valence-electron chi connectivity index (χ1n) is 7.14. The van der Waals surface area contributed by atoms with Gasteiger partial charge in [-0.15, -0.1) is 0 Å². The van der Waals surface area contributed by atoms with Crippen LogP contribution < -0.4 is 10.6 Å². The highest BCUT2D eigenvalue weighted by Crippen LogP contribution is 2.20. The van der Waals surface area contributed by atoms with Crippen LogP contribution in [-0.2, 0) is 4.79 Å². The molecule has 2 N–H and O–H groups in total. The number of aliphatic hydroxyl groups is 1. The summed E-state index contributed by atoms with van der Waals surface area (Å²) in [5, 5.41) is 22.5. The first-order valence-corrected chi connectivity index (χ1v) is 7.14. The maximum atomic E-state index is 13.5. The molecule has 1 aromatic carbocycles. The second kappa shape index (κ2) is 6.27. The summed E-state index contributed by atoms with van der Waals surface area (Å²) < 4.78 is 27.8. The number of pyridine rings is 1. The van der Waals surface area contributed by atoms with Gasteiger partial charge in [0.05, 0.1) is 12.1 Å². The molecule has 2 heterocycles. The number of carbonyl (C=O) groups is 1. The number of aliphatic carboxylic acids is 1. The van der Waals surface area contributed by atoms with Gasteiger partial charge >= 0.3 is 5.97 Å². The quantitative estimate of drug-likeness (QED) is 0.737. The SMILES string of the molecule is O=C(O)CCC(O)=c1c(=O)cc(-c2ccc(F)c(F)c2)n2ncnc12. The van der Waals surface area contributed by atoms with Gasteiger partial charge in [-0.05, 0) is 18.2 Å². The molecule has 25 heavy (non-hydrogen) atoms. The molecule has 0 saturated heterocycles. The van der Waals surface area contributed by atoms with Crippen LogP contribution >= 0.6 is 0 Å². The van der Waals surface area contributed by atoms with Gasteiger partial charge in [-0.1, -0.05) is 0 Å². The van der Waals surface area contributed by atoms with Gasteiger partial charge in [-0.25, -0.2) is 18.3 Å². The highest BCUT2D eigenvalue weighted by Gasteiger charge is 2.15. The van der Waals surface area contributed by atoms with E-state index in [4.69, 9.17) is 5.11 Å². The first kappa shape index (κ1) is 16.5. The molecule has 7 nitrogen and oxygen atoms in total. The average molecular weight is 347 g/mol. The molecular formula is C16H11F2N3O4. The molecule has 3 aromatic rings. The lowest BCUT2D eigenvalue weighted by molar-refractivity contribution is -0.136. The third-order valence-corrected chi connectivity index (χ3v) is 3.59. The number of hydrogen-bond donors (Lipinski definition) is 2. The number of aliphatic hydroxyl groups excluding tert-OH is 1. The van der Waals surface area contributed by atoms with Crippen molar-refractivity contribution in [2.75, 3.05) is 0 Å². The fourth-order valence-electron chi connectivity index (χ4n) is 2.44. The standard InChI is InChI=1S/C16H11F2N3O4/c17-9-2-1-8(5-10(9)18)11-6-13(23)15(12(22)3-4-14(24)25)16-19-7-20-21(11)16/h1-2,5-7,22H,3-4H2,(H,24,25). The van der Waals surface area contributed by atoms with Gasteiger partial charge in [0.2, 0.25) is 0 Å². The molecule has 0 atom stereocenters.